The Balaban J connectivity index is 1.26. The number of likely N-dealkylation sites (N-methyl/N-ethyl adjacent to an activating group) is 1. The molecule has 2 saturated carbocycles. The van der Waals surface area contributed by atoms with Crippen LogP contribution in [0.15, 0.2) is 36.4 Å². The largest absolute Gasteiger partial charge is 0.527 e. The molecule has 3 N–H and O–H groups in total. The van der Waals surface area contributed by atoms with Crippen molar-refractivity contribution < 1.29 is 48.2 Å². The first-order chi connectivity index (χ1) is 24.0. The lowest BCUT2D eigenvalue weighted by molar-refractivity contribution is -0.157. The minimum Gasteiger partial charge on any atom is -0.481 e. The van der Waals surface area contributed by atoms with Gasteiger partial charge < -0.3 is 39.9 Å². The highest BCUT2D eigenvalue weighted by Crippen LogP contribution is 2.36. The number of para-hydroxylation sites is 1. The van der Waals surface area contributed by atoms with Crippen molar-refractivity contribution in [2.45, 2.75) is 69.5 Å². The normalized spacial score (nSPS) is 17.4. The molecule has 2 aromatic rings. The van der Waals surface area contributed by atoms with Gasteiger partial charge in [-0.2, -0.15) is 5.10 Å². The molecule has 50 heavy (non-hydrogen) atoms. The summed E-state index contributed by atoms with van der Waals surface area (Å²) in [5.74, 6) is -2.95. The summed E-state index contributed by atoms with van der Waals surface area (Å²) >= 11 is 0. The first-order valence-electron chi connectivity index (χ1n) is 16.8. The number of benzene rings is 1. The number of carboxylic acids is 1. The average Bonchev–Trinajstić information content (AvgIpc) is 3.85. The van der Waals surface area contributed by atoms with Gasteiger partial charge in [0.15, 0.2) is 12.3 Å². The molecule has 2 aliphatic carbocycles. The van der Waals surface area contributed by atoms with Crippen LogP contribution in [0.3, 0.4) is 0 Å². The van der Waals surface area contributed by atoms with Crippen LogP contribution in [-0.4, -0.2) is 130 Å². The second kappa shape index (κ2) is 16.0. The lowest BCUT2D eigenvalue weighted by Gasteiger charge is -2.43. The maximum Gasteiger partial charge on any atom is 0.527 e. The molecule has 1 aromatic heterocycles. The number of amides is 4. The molecular formula is C33H43N7O10. The van der Waals surface area contributed by atoms with Gasteiger partial charge in [-0.05, 0) is 57.6 Å². The molecule has 0 unspecified atom stereocenters. The maximum absolute atomic E-state index is 13.5. The molecule has 0 radical (unpaired) electrons. The van der Waals surface area contributed by atoms with E-state index in [-0.39, 0.29) is 69.2 Å². The van der Waals surface area contributed by atoms with Gasteiger partial charge in [0, 0.05) is 38.7 Å². The summed E-state index contributed by atoms with van der Waals surface area (Å²) < 4.78 is 12.0. The predicted molar refractivity (Wildman–Crippen MR) is 174 cm³/mol. The molecule has 17 nitrogen and oxygen atoms in total. The van der Waals surface area contributed by atoms with Crippen molar-refractivity contribution in [1.29, 1.82) is 0 Å². The van der Waals surface area contributed by atoms with Crippen LogP contribution >= 0.6 is 0 Å². The Kier molecular flexibility index (Phi) is 11.6. The van der Waals surface area contributed by atoms with E-state index in [1.807, 2.05) is 0 Å². The fraction of sp³-hybridized carbons (Fsp3) is 0.545. The third-order valence-corrected chi connectivity index (χ3v) is 8.94. The van der Waals surface area contributed by atoms with Gasteiger partial charge in [-0.3, -0.25) is 24.0 Å². The molecule has 1 aliphatic heterocycles. The summed E-state index contributed by atoms with van der Waals surface area (Å²) in [6.45, 7) is 2.03. The Bertz CT molecular complexity index is 1570. The van der Waals surface area contributed by atoms with Crippen LogP contribution in [0, 0.1) is 0 Å². The predicted octanol–water partition coefficient (Wildman–Crippen LogP) is 1.11. The minimum absolute atomic E-state index is 0.0618. The molecule has 17 heteroatoms. The number of aliphatic carboxylic acids is 1. The van der Waals surface area contributed by atoms with E-state index in [4.69, 9.17) is 14.3 Å². The van der Waals surface area contributed by atoms with Crippen molar-refractivity contribution in [3.63, 3.8) is 0 Å². The van der Waals surface area contributed by atoms with E-state index in [0.29, 0.717) is 18.5 Å². The quantitative estimate of drug-likeness (QED) is 0.224. The SMILES string of the molecule is CCOC(=O)ON1CCN(C(=O)[C@H](CCC(=O)O)NC(=O)c2cc(OCC(=O)NC3(C(=O)N(C)C4CC4)CCC3)n(-c3ccccc3)n2)CC1. The molecule has 1 atom stereocenters. The highest BCUT2D eigenvalue weighted by Gasteiger charge is 2.49. The highest BCUT2D eigenvalue weighted by atomic mass is 16.8. The van der Waals surface area contributed by atoms with Crippen molar-refractivity contribution in [2.24, 2.45) is 0 Å². The molecule has 5 rings (SSSR count). The molecule has 3 fully saturated rings. The smallest absolute Gasteiger partial charge is 0.481 e. The number of hydroxylamine groups is 2. The van der Waals surface area contributed by atoms with Gasteiger partial charge in [-0.15, -0.1) is 5.06 Å². The number of aromatic nitrogens is 2. The number of rotatable bonds is 15. The zero-order valence-electron chi connectivity index (χ0n) is 28.2. The zero-order valence-corrected chi connectivity index (χ0v) is 28.2. The van der Waals surface area contributed by atoms with E-state index < -0.39 is 48.0 Å². The second-order valence-electron chi connectivity index (χ2n) is 12.5. The molecule has 0 bridgehead atoms. The number of hydrogen-bond acceptors (Lipinski definition) is 11. The van der Waals surface area contributed by atoms with Crippen molar-refractivity contribution in [3.8, 4) is 11.6 Å². The van der Waals surface area contributed by atoms with Gasteiger partial charge in [-0.25, -0.2) is 9.48 Å². The van der Waals surface area contributed by atoms with Crippen LogP contribution in [0.4, 0.5) is 4.79 Å². The van der Waals surface area contributed by atoms with Gasteiger partial charge in [0.05, 0.1) is 25.4 Å². The van der Waals surface area contributed by atoms with E-state index >= 15 is 0 Å². The van der Waals surface area contributed by atoms with Gasteiger partial charge in [0.25, 0.3) is 11.8 Å². The maximum atomic E-state index is 13.5. The highest BCUT2D eigenvalue weighted by molar-refractivity contribution is 5.97. The summed E-state index contributed by atoms with van der Waals surface area (Å²) in [6.07, 6.45) is 2.39. The summed E-state index contributed by atoms with van der Waals surface area (Å²) in [4.78, 5) is 84.6. The van der Waals surface area contributed by atoms with Crippen molar-refractivity contribution in [3.05, 3.63) is 42.1 Å². The number of carbonyl (C=O) groups excluding carboxylic acids is 5. The van der Waals surface area contributed by atoms with Gasteiger partial charge in [0.2, 0.25) is 17.7 Å². The fourth-order valence-electron chi connectivity index (χ4n) is 5.89. The van der Waals surface area contributed by atoms with Gasteiger partial charge >= 0.3 is 12.1 Å². The van der Waals surface area contributed by atoms with Gasteiger partial charge in [0.1, 0.15) is 11.6 Å². The van der Waals surface area contributed by atoms with Crippen LogP contribution < -0.4 is 15.4 Å². The molecule has 1 aromatic carbocycles. The standard InChI is InChI=1S/C33H43N7O10/c1-3-48-32(47)50-39-18-16-38(17-19-39)30(45)24(12-13-28(42)43)34-29(44)25-20-27(40(36-25)23-8-5-4-6-9-23)49-21-26(41)35-33(14-7-15-33)31(46)37(2)22-10-11-22/h4-6,8-9,20,22,24H,3,7,10-19,21H2,1-2H3,(H,34,44)(H,35,41)(H,42,43)/t24-/m0/s1. The zero-order chi connectivity index (χ0) is 35.8. The summed E-state index contributed by atoms with van der Waals surface area (Å²) in [5, 5.41) is 20.6. The third-order valence-electron chi connectivity index (χ3n) is 8.94. The van der Waals surface area contributed by atoms with Crippen molar-refractivity contribution in [1.82, 2.24) is 35.3 Å². The Hall–Kier alpha value is -5.19. The van der Waals surface area contributed by atoms with E-state index in [1.54, 1.807) is 49.2 Å². The van der Waals surface area contributed by atoms with Crippen LogP contribution in [0.2, 0.25) is 0 Å². The number of nitrogens with zero attached hydrogens (tertiary/aromatic N) is 5. The van der Waals surface area contributed by atoms with E-state index in [9.17, 15) is 33.9 Å². The summed E-state index contributed by atoms with van der Waals surface area (Å²) in [6, 6.07) is 9.09. The van der Waals surface area contributed by atoms with Crippen molar-refractivity contribution >= 4 is 35.8 Å². The third kappa shape index (κ3) is 8.88. The first kappa shape index (κ1) is 36.1. The number of piperazine rings is 1. The summed E-state index contributed by atoms with van der Waals surface area (Å²) in [7, 11) is 1.76. The monoisotopic (exact) mass is 697 g/mol. The topological polar surface area (TPSA) is 202 Å². The van der Waals surface area contributed by atoms with Crippen LogP contribution in [-0.2, 0) is 28.8 Å². The van der Waals surface area contributed by atoms with E-state index in [0.717, 1.165) is 19.3 Å². The van der Waals surface area contributed by atoms with E-state index in [1.165, 1.54) is 20.7 Å². The second-order valence-corrected chi connectivity index (χ2v) is 12.5. The fourth-order valence-corrected chi connectivity index (χ4v) is 5.89. The number of carboxylic acid groups (broad SMARTS) is 1. The van der Waals surface area contributed by atoms with Crippen LogP contribution in [0.25, 0.3) is 5.69 Å². The summed E-state index contributed by atoms with van der Waals surface area (Å²) in [5.41, 5.74) is -0.567. The minimum atomic E-state index is -1.20. The Labute approximate surface area is 288 Å². The molecule has 1 saturated heterocycles. The molecular weight excluding hydrogens is 654 g/mol. The molecule has 3 aliphatic rings. The Morgan fingerprint density at radius 1 is 1.06 bits per heavy atom. The van der Waals surface area contributed by atoms with Crippen LogP contribution in [0.5, 0.6) is 5.88 Å². The number of ether oxygens (including phenoxy) is 2. The van der Waals surface area contributed by atoms with Crippen LogP contribution in [0.1, 0.15) is 62.4 Å². The average molecular weight is 698 g/mol. The molecule has 0 spiro atoms. The Morgan fingerprint density at radius 3 is 2.36 bits per heavy atom. The molecule has 270 valence electrons. The number of hydrogen-bond donors (Lipinski definition) is 3. The van der Waals surface area contributed by atoms with Gasteiger partial charge in [-0.1, -0.05) is 18.2 Å². The lowest BCUT2D eigenvalue weighted by atomic mass is 9.75. The first-order valence-corrected chi connectivity index (χ1v) is 16.8. The van der Waals surface area contributed by atoms with E-state index in [2.05, 4.69) is 15.7 Å². The molecule has 2 heterocycles. The van der Waals surface area contributed by atoms with Crippen molar-refractivity contribution in [2.75, 3.05) is 46.4 Å². The lowest BCUT2D eigenvalue weighted by Crippen LogP contribution is -2.63. The number of nitrogens with one attached hydrogen (secondary N) is 2. The number of carbonyl (C=O) groups is 6. The molecule has 4 amide bonds. The Morgan fingerprint density at radius 2 is 1.76 bits per heavy atom.